The van der Waals surface area contributed by atoms with E-state index in [4.69, 9.17) is 11.6 Å². The Morgan fingerprint density at radius 3 is 2.47 bits per heavy atom. The first-order valence-electron chi connectivity index (χ1n) is 5.53. The number of hydrogen-bond donors (Lipinski definition) is 1. The molecule has 0 unspecified atom stereocenters. The van der Waals surface area contributed by atoms with Gasteiger partial charge in [0.1, 0.15) is 5.82 Å². The number of benzene rings is 1. The Morgan fingerprint density at radius 2 is 2.00 bits per heavy atom. The number of alkyl halides is 4. The van der Waals surface area contributed by atoms with Crippen LogP contribution >= 0.6 is 11.6 Å². The molecule has 1 aromatic rings. The summed E-state index contributed by atoms with van der Waals surface area (Å²) in [7, 11) is 0. The zero-order valence-corrected chi connectivity index (χ0v) is 10.4. The Balaban J connectivity index is 2.28. The molecular formula is C12H10ClF4NO. The van der Waals surface area contributed by atoms with Gasteiger partial charge in [-0.15, -0.1) is 11.6 Å². The minimum atomic E-state index is -4.83. The molecule has 0 radical (unpaired) electrons. The number of amides is 1. The molecule has 1 saturated carbocycles. The van der Waals surface area contributed by atoms with E-state index in [2.05, 4.69) is 5.32 Å². The van der Waals surface area contributed by atoms with E-state index in [9.17, 15) is 22.4 Å². The topological polar surface area (TPSA) is 29.1 Å². The highest BCUT2D eigenvalue weighted by Gasteiger charge is 2.44. The van der Waals surface area contributed by atoms with Gasteiger partial charge in [-0.1, -0.05) is 6.07 Å². The van der Waals surface area contributed by atoms with Crippen molar-refractivity contribution in [3.05, 3.63) is 35.1 Å². The average Bonchev–Trinajstić information content (AvgIpc) is 3.08. The lowest BCUT2D eigenvalue weighted by Crippen LogP contribution is -2.38. The van der Waals surface area contributed by atoms with Crippen LogP contribution in [0.15, 0.2) is 18.2 Å². The van der Waals surface area contributed by atoms with Gasteiger partial charge in [0.15, 0.2) is 0 Å². The molecule has 1 aliphatic rings. The predicted molar refractivity (Wildman–Crippen MR) is 61.6 cm³/mol. The molecule has 0 bridgehead atoms. The molecule has 0 aliphatic heterocycles. The first kappa shape index (κ1) is 14.1. The van der Waals surface area contributed by atoms with Crippen LogP contribution in [0, 0.1) is 5.82 Å². The van der Waals surface area contributed by atoms with Gasteiger partial charge in [-0.3, -0.25) is 4.79 Å². The molecule has 1 amide bonds. The van der Waals surface area contributed by atoms with Crippen LogP contribution < -0.4 is 5.32 Å². The SMILES string of the molecule is O=C(NC1(CCl)CC1)c1cccc(C(F)(F)F)c1F. The molecule has 0 aromatic heterocycles. The molecule has 0 atom stereocenters. The molecule has 7 heteroatoms. The quantitative estimate of drug-likeness (QED) is 0.672. The first-order valence-corrected chi connectivity index (χ1v) is 6.07. The fourth-order valence-corrected chi connectivity index (χ4v) is 2.01. The van der Waals surface area contributed by atoms with Crippen LogP contribution in [0.1, 0.15) is 28.8 Å². The second-order valence-electron chi connectivity index (χ2n) is 4.53. The van der Waals surface area contributed by atoms with Crippen LogP contribution in [-0.2, 0) is 6.18 Å². The van der Waals surface area contributed by atoms with Gasteiger partial charge in [0, 0.05) is 5.88 Å². The van der Waals surface area contributed by atoms with Crippen molar-refractivity contribution >= 4 is 17.5 Å². The second kappa shape index (κ2) is 4.67. The molecule has 104 valence electrons. The van der Waals surface area contributed by atoms with E-state index in [0.717, 1.165) is 12.1 Å². The molecule has 1 fully saturated rings. The summed E-state index contributed by atoms with van der Waals surface area (Å²) in [4.78, 5) is 11.8. The first-order chi connectivity index (χ1) is 8.79. The van der Waals surface area contributed by atoms with Crippen LogP contribution in [0.3, 0.4) is 0 Å². The fraction of sp³-hybridized carbons (Fsp3) is 0.417. The van der Waals surface area contributed by atoms with Crippen LogP contribution in [0.5, 0.6) is 0 Å². The van der Waals surface area contributed by atoms with E-state index in [1.54, 1.807) is 0 Å². The van der Waals surface area contributed by atoms with Crippen molar-refractivity contribution in [2.75, 3.05) is 5.88 Å². The lowest BCUT2D eigenvalue weighted by atomic mass is 10.1. The zero-order chi connectivity index (χ0) is 14.3. The zero-order valence-electron chi connectivity index (χ0n) is 9.65. The number of rotatable bonds is 3. The van der Waals surface area contributed by atoms with Crippen molar-refractivity contribution in [2.24, 2.45) is 0 Å². The second-order valence-corrected chi connectivity index (χ2v) is 4.80. The van der Waals surface area contributed by atoms with E-state index in [-0.39, 0.29) is 5.88 Å². The average molecular weight is 296 g/mol. The Hall–Kier alpha value is -1.30. The summed E-state index contributed by atoms with van der Waals surface area (Å²) in [6.07, 6.45) is -3.55. The minimum Gasteiger partial charge on any atom is -0.345 e. The molecular weight excluding hydrogens is 286 g/mol. The van der Waals surface area contributed by atoms with Gasteiger partial charge >= 0.3 is 6.18 Å². The third-order valence-electron chi connectivity index (χ3n) is 3.04. The van der Waals surface area contributed by atoms with E-state index in [1.165, 1.54) is 0 Å². The summed E-state index contributed by atoms with van der Waals surface area (Å²) in [6, 6.07) is 2.62. The molecule has 2 rings (SSSR count). The Bertz CT molecular complexity index is 511. The Labute approximate surface area is 111 Å². The lowest BCUT2D eigenvalue weighted by Gasteiger charge is -2.15. The number of nitrogens with one attached hydrogen (secondary N) is 1. The number of carbonyl (C=O) groups is 1. The Morgan fingerprint density at radius 1 is 1.37 bits per heavy atom. The summed E-state index contributed by atoms with van der Waals surface area (Å²) < 4.78 is 51.3. The van der Waals surface area contributed by atoms with E-state index in [0.29, 0.717) is 18.9 Å². The van der Waals surface area contributed by atoms with Crippen molar-refractivity contribution in [1.82, 2.24) is 5.32 Å². The summed E-state index contributed by atoms with van der Waals surface area (Å²) in [5.41, 5.74) is -2.67. The van der Waals surface area contributed by atoms with Crippen molar-refractivity contribution in [3.63, 3.8) is 0 Å². The lowest BCUT2D eigenvalue weighted by molar-refractivity contribution is -0.140. The van der Waals surface area contributed by atoms with Crippen LogP contribution in [-0.4, -0.2) is 17.3 Å². The smallest absolute Gasteiger partial charge is 0.345 e. The van der Waals surface area contributed by atoms with Crippen LogP contribution in [0.2, 0.25) is 0 Å². The van der Waals surface area contributed by atoms with Gasteiger partial charge in [0.2, 0.25) is 0 Å². The molecule has 0 heterocycles. The highest BCUT2D eigenvalue weighted by Crippen LogP contribution is 2.37. The van der Waals surface area contributed by atoms with Crippen molar-refractivity contribution in [3.8, 4) is 0 Å². The number of carbonyl (C=O) groups excluding carboxylic acids is 1. The third-order valence-corrected chi connectivity index (χ3v) is 3.55. The Kier molecular flexibility index (Phi) is 3.47. The summed E-state index contributed by atoms with van der Waals surface area (Å²) in [5, 5.41) is 2.47. The maximum absolute atomic E-state index is 13.7. The largest absolute Gasteiger partial charge is 0.419 e. The van der Waals surface area contributed by atoms with Gasteiger partial charge in [-0.25, -0.2) is 4.39 Å². The van der Waals surface area contributed by atoms with Gasteiger partial charge in [-0.2, -0.15) is 13.2 Å². The summed E-state index contributed by atoms with van der Waals surface area (Å²) >= 11 is 5.64. The number of hydrogen-bond acceptors (Lipinski definition) is 1. The molecule has 1 N–H and O–H groups in total. The van der Waals surface area contributed by atoms with Gasteiger partial charge < -0.3 is 5.32 Å². The molecule has 1 aliphatic carbocycles. The molecule has 2 nitrogen and oxygen atoms in total. The number of halogens is 5. The standard InChI is InChI=1S/C12H10ClF4NO/c13-6-11(4-5-11)18-10(19)7-2-1-3-8(9(7)14)12(15,16)17/h1-3H,4-6H2,(H,18,19). The van der Waals surface area contributed by atoms with Crippen molar-refractivity contribution in [1.29, 1.82) is 0 Å². The van der Waals surface area contributed by atoms with Gasteiger partial charge in [0.05, 0.1) is 16.7 Å². The van der Waals surface area contributed by atoms with E-state index >= 15 is 0 Å². The fourth-order valence-electron chi connectivity index (χ4n) is 1.68. The van der Waals surface area contributed by atoms with E-state index < -0.39 is 34.6 Å². The normalized spacial score (nSPS) is 17.1. The molecule has 1 aromatic carbocycles. The van der Waals surface area contributed by atoms with Crippen LogP contribution in [0.25, 0.3) is 0 Å². The third kappa shape index (κ3) is 2.83. The highest BCUT2D eigenvalue weighted by molar-refractivity contribution is 6.19. The highest BCUT2D eigenvalue weighted by atomic mass is 35.5. The van der Waals surface area contributed by atoms with Gasteiger partial charge in [0.25, 0.3) is 5.91 Å². The molecule has 19 heavy (non-hydrogen) atoms. The van der Waals surface area contributed by atoms with Gasteiger partial charge in [-0.05, 0) is 25.0 Å². The predicted octanol–water partition coefficient (Wildman–Crippen LogP) is 3.35. The molecule has 0 saturated heterocycles. The van der Waals surface area contributed by atoms with Crippen molar-refractivity contribution < 1.29 is 22.4 Å². The minimum absolute atomic E-state index is 0.152. The summed E-state index contributed by atoms with van der Waals surface area (Å²) in [5.74, 6) is -2.28. The monoisotopic (exact) mass is 295 g/mol. The maximum Gasteiger partial charge on any atom is 0.419 e. The summed E-state index contributed by atoms with van der Waals surface area (Å²) in [6.45, 7) is 0. The molecule has 0 spiro atoms. The van der Waals surface area contributed by atoms with Crippen molar-refractivity contribution in [2.45, 2.75) is 24.6 Å². The van der Waals surface area contributed by atoms with Crippen LogP contribution in [0.4, 0.5) is 17.6 Å². The maximum atomic E-state index is 13.7. The van der Waals surface area contributed by atoms with E-state index in [1.807, 2.05) is 0 Å².